The molecule has 0 unspecified atom stereocenters. The lowest BCUT2D eigenvalue weighted by molar-refractivity contribution is 0.0761. The molecule has 17 heavy (non-hydrogen) atoms. The van der Waals surface area contributed by atoms with E-state index in [1.54, 1.807) is 32.4 Å². The van der Waals surface area contributed by atoms with Crippen LogP contribution in [0.15, 0.2) is 18.2 Å². The Morgan fingerprint density at radius 3 is 2.18 bits per heavy atom. The van der Waals surface area contributed by atoms with Gasteiger partial charge in [0.15, 0.2) is 5.78 Å². The van der Waals surface area contributed by atoms with Crippen molar-refractivity contribution in [2.24, 2.45) is 0 Å². The molecule has 94 valence electrons. The minimum atomic E-state index is -0.0735. The largest absolute Gasteiger partial charge is 0.497 e. The van der Waals surface area contributed by atoms with Gasteiger partial charge in [0, 0.05) is 18.2 Å². The third kappa shape index (κ3) is 4.07. The molecule has 0 aromatic heterocycles. The molecule has 0 fully saturated rings. The van der Waals surface area contributed by atoms with Gasteiger partial charge in [0.2, 0.25) is 0 Å². The highest BCUT2D eigenvalue weighted by atomic mass is 16.5. The molecule has 0 aliphatic carbocycles. The molecule has 0 N–H and O–H groups in total. The summed E-state index contributed by atoms with van der Waals surface area (Å²) in [6, 6.07) is 5.09. The highest BCUT2D eigenvalue weighted by Gasteiger charge is 2.09. The van der Waals surface area contributed by atoms with Crippen molar-refractivity contribution in [3.05, 3.63) is 23.8 Å². The Balaban J connectivity index is 2.77. The van der Waals surface area contributed by atoms with Crippen LogP contribution in [-0.4, -0.2) is 33.2 Å². The zero-order chi connectivity index (χ0) is 12.7. The molecular weight excluding hydrogens is 220 g/mol. The predicted molar refractivity (Wildman–Crippen MR) is 65.0 cm³/mol. The molecule has 1 aromatic rings. The van der Waals surface area contributed by atoms with Crippen LogP contribution in [0.4, 0.5) is 0 Å². The topological polar surface area (TPSA) is 44.8 Å². The van der Waals surface area contributed by atoms with E-state index in [9.17, 15) is 4.79 Å². The Morgan fingerprint density at radius 2 is 1.71 bits per heavy atom. The van der Waals surface area contributed by atoms with Crippen LogP contribution in [0.1, 0.15) is 23.7 Å². The quantitative estimate of drug-likeness (QED) is 0.540. The normalized spacial score (nSPS) is 10.1. The molecular formula is C13H18O4. The predicted octanol–water partition coefficient (Wildman–Crippen LogP) is 2.31. The second-order valence-electron chi connectivity index (χ2n) is 3.58. The van der Waals surface area contributed by atoms with Crippen molar-refractivity contribution < 1.29 is 19.0 Å². The monoisotopic (exact) mass is 238 g/mol. The van der Waals surface area contributed by atoms with Gasteiger partial charge in [0.25, 0.3) is 0 Å². The number of carbonyl (C=O) groups excluding carboxylic acids is 1. The van der Waals surface area contributed by atoms with Crippen molar-refractivity contribution in [2.75, 3.05) is 27.4 Å². The van der Waals surface area contributed by atoms with E-state index in [4.69, 9.17) is 14.2 Å². The summed E-state index contributed by atoms with van der Waals surface area (Å²) in [5, 5.41) is 0. The number of ether oxygens (including phenoxy) is 3. The lowest BCUT2D eigenvalue weighted by atomic mass is 10.1. The van der Waals surface area contributed by atoms with Gasteiger partial charge in [-0.1, -0.05) is 6.92 Å². The van der Waals surface area contributed by atoms with Gasteiger partial charge in [-0.05, 0) is 18.6 Å². The molecule has 0 heterocycles. The second kappa shape index (κ2) is 6.91. The molecule has 1 aromatic carbocycles. The van der Waals surface area contributed by atoms with Crippen molar-refractivity contribution in [1.29, 1.82) is 0 Å². The SMILES string of the molecule is CCCOCC(=O)c1cc(OC)cc(OC)c1. The standard InChI is InChI=1S/C13H18O4/c1-4-5-17-9-13(14)10-6-11(15-2)8-12(7-10)16-3/h6-8H,4-5,9H2,1-3H3. The van der Waals surface area contributed by atoms with E-state index in [1.807, 2.05) is 6.92 Å². The first-order chi connectivity index (χ1) is 8.21. The van der Waals surface area contributed by atoms with Crippen LogP contribution in [-0.2, 0) is 4.74 Å². The van der Waals surface area contributed by atoms with E-state index in [0.717, 1.165) is 6.42 Å². The highest BCUT2D eigenvalue weighted by Crippen LogP contribution is 2.22. The van der Waals surface area contributed by atoms with Crippen LogP contribution >= 0.6 is 0 Å². The molecule has 0 bridgehead atoms. The fourth-order valence-corrected chi connectivity index (χ4v) is 1.36. The number of hydrogen-bond donors (Lipinski definition) is 0. The number of carbonyl (C=O) groups is 1. The first-order valence-electron chi connectivity index (χ1n) is 5.55. The van der Waals surface area contributed by atoms with Gasteiger partial charge in [-0.25, -0.2) is 0 Å². The van der Waals surface area contributed by atoms with Crippen molar-refractivity contribution in [3.8, 4) is 11.5 Å². The molecule has 4 nitrogen and oxygen atoms in total. The van der Waals surface area contributed by atoms with E-state index in [1.165, 1.54) is 0 Å². The minimum absolute atomic E-state index is 0.0735. The lowest BCUT2D eigenvalue weighted by Crippen LogP contribution is -2.10. The molecule has 0 atom stereocenters. The van der Waals surface area contributed by atoms with E-state index in [2.05, 4.69) is 0 Å². The Bertz CT molecular complexity index is 351. The van der Waals surface area contributed by atoms with Crippen LogP contribution in [0.3, 0.4) is 0 Å². The molecule has 0 spiro atoms. The molecule has 4 heteroatoms. The van der Waals surface area contributed by atoms with Crippen LogP contribution in [0.25, 0.3) is 0 Å². The van der Waals surface area contributed by atoms with Gasteiger partial charge in [0.1, 0.15) is 18.1 Å². The van der Waals surface area contributed by atoms with Crippen LogP contribution in [0.2, 0.25) is 0 Å². The average molecular weight is 238 g/mol. The van der Waals surface area contributed by atoms with Crippen LogP contribution in [0.5, 0.6) is 11.5 Å². The summed E-state index contributed by atoms with van der Waals surface area (Å²) in [6.07, 6.45) is 0.898. The Kier molecular flexibility index (Phi) is 5.49. The van der Waals surface area contributed by atoms with Gasteiger partial charge in [0.05, 0.1) is 14.2 Å². The maximum absolute atomic E-state index is 11.8. The van der Waals surface area contributed by atoms with E-state index < -0.39 is 0 Å². The maximum atomic E-state index is 11.8. The zero-order valence-electron chi connectivity index (χ0n) is 10.5. The number of ketones is 1. The summed E-state index contributed by atoms with van der Waals surface area (Å²) in [5.41, 5.74) is 0.539. The molecule has 1 rings (SSSR count). The number of hydrogen-bond acceptors (Lipinski definition) is 4. The molecule has 0 amide bonds. The summed E-state index contributed by atoms with van der Waals surface area (Å²) in [4.78, 5) is 11.8. The van der Waals surface area contributed by atoms with Gasteiger partial charge in [-0.3, -0.25) is 4.79 Å². The first kappa shape index (κ1) is 13.5. The molecule has 0 aliphatic rings. The fourth-order valence-electron chi connectivity index (χ4n) is 1.36. The molecule has 0 saturated heterocycles. The number of methoxy groups -OCH3 is 2. The highest BCUT2D eigenvalue weighted by molar-refractivity contribution is 5.97. The summed E-state index contributed by atoms with van der Waals surface area (Å²) >= 11 is 0. The van der Waals surface area contributed by atoms with Crippen molar-refractivity contribution in [3.63, 3.8) is 0 Å². The minimum Gasteiger partial charge on any atom is -0.497 e. The Hall–Kier alpha value is -1.55. The van der Waals surface area contributed by atoms with Gasteiger partial charge in [-0.15, -0.1) is 0 Å². The third-order valence-electron chi connectivity index (χ3n) is 2.26. The van der Waals surface area contributed by atoms with Crippen molar-refractivity contribution in [2.45, 2.75) is 13.3 Å². The van der Waals surface area contributed by atoms with E-state index >= 15 is 0 Å². The van der Waals surface area contributed by atoms with E-state index in [0.29, 0.717) is 23.7 Å². The van der Waals surface area contributed by atoms with E-state index in [-0.39, 0.29) is 12.4 Å². The smallest absolute Gasteiger partial charge is 0.188 e. The maximum Gasteiger partial charge on any atom is 0.188 e. The summed E-state index contributed by atoms with van der Waals surface area (Å²) in [6.45, 7) is 2.68. The lowest BCUT2D eigenvalue weighted by Gasteiger charge is -2.08. The Morgan fingerprint density at radius 1 is 1.12 bits per heavy atom. The van der Waals surface area contributed by atoms with Gasteiger partial charge in [-0.2, -0.15) is 0 Å². The third-order valence-corrected chi connectivity index (χ3v) is 2.26. The molecule has 0 radical (unpaired) electrons. The van der Waals surface area contributed by atoms with Crippen molar-refractivity contribution >= 4 is 5.78 Å². The zero-order valence-corrected chi connectivity index (χ0v) is 10.5. The van der Waals surface area contributed by atoms with Crippen LogP contribution < -0.4 is 9.47 Å². The summed E-state index contributed by atoms with van der Waals surface area (Å²) in [5.74, 6) is 1.13. The fraction of sp³-hybridized carbons (Fsp3) is 0.462. The van der Waals surface area contributed by atoms with Gasteiger partial charge < -0.3 is 14.2 Å². The molecule has 0 aliphatic heterocycles. The molecule has 0 saturated carbocycles. The first-order valence-corrected chi connectivity index (χ1v) is 5.55. The number of rotatable bonds is 7. The van der Waals surface area contributed by atoms with Crippen molar-refractivity contribution in [1.82, 2.24) is 0 Å². The summed E-state index contributed by atoms with van der Waals surface area (Å²) in [7, 11) is 3.10. The number of Topliss-reactive ketones (excluding diaryl/α,β-unsaturated/α-hetero) is 1. The van der Waals surface area contributed by atoms with Crippen LogP contribution in [0, 0.1) is 0 Å². The average Bonchev–Trinajstić information content (AvgIpc) is 2.38. The van der Waals surface area contributed by atoms with Gasteiger partial charge >= 0.3 is 0 Å². The Labute approximate surface area is 101 Å². The number of benzene rings is 1. The second-order valence-corrected chi connectivity index (χ2v) is 3.58. The summed E-state index contributed by atoms with van der Waals surface area (Å²) < 4.78 is 15.4.